The molecule has 1 heterocycles. The molecule has 8 nitrogen and oxygen atoms in total. The minimum atomic E-state index is -0.619. The highest BCUT2D eigenvalue weighted by molar-refractivity contribution is 6.03. The Morgan fingerprint density at radius 1 is 1.33 bits per heavy atom. The molecule has 1 aromatic carbocycles. The van der Waals surface area contributed by atoms with Gasteiger partial charge in [0.25, 0.3) is 17.2 Å². The molecular formula is C13H12N4O4. The molecule has 2 rings (SSSR count). The number of nitro groups is 1. The molecule has 0 aliphatic rings. The molecule has 0 fully saturated rings. The highest BCUT2D eigenvalue weighted by Gasteiger charge is 2.16. The molecule has 0 spiro atoms. The Morgan fingerprint density at radius 2 is 2.05 bits per heavy atom. The maximum atomic E-state index is 12.1. The number of hydrogen-bond acceptors (Lipinski definition) is 5. The van der Waals surface area contributed by atoms with E-state index in [2.05, 4.69) is 10.4 Å². The fraction of sp³-hybridized carbons (Fsp3) is 0.154. The number of aromatic nitrogens is 2. The molecule has 2 aromatic rings. The van der Waals surface area contributed by atoms with Crippen molar-refractivity contribution in [3.05, 3.63) is 62.6 Å². The molecule has 0 bridgehead atoms. The van der Waals surface area contributed by atoms with Gasteiger partial charge in [0.2, 0.25) is 0 Å². The van der Waals surface area contributed by atoms with Crippen molar-refractivity contribution in [2.24, 2.45) is 0 Å². The van der Waals surface area contributed by atoms with E-state index in [0.29, 0.717) is 6.54 Å². The van der Waals surface area contributed by atoms with Crippen LogP contribution in [-0.2, 0) is 6.54 Å². The fourth-order valence-electron chi connectivity index (χ4n) is 1.72. The van der Waals surface area contributed by atoms with Gasteiger partial charge in [-0.25, -0.2) is 4.68 Å². The molecule has 0 aliphatic carbocycles. The SMILES string of the molecule is CCn1nc(C(=O)Nc2ccccc2[N+](=O)[O-])ccc1=O. The van der Waals surface area contributed by atoms with Crippen LogP contribution in [0.25, 0.3) is 0 Å². The third kappa shape index (κ3) is 3.11. The topological polar surface area (TPSA) is 107 Å². The van der Waals surface area contributed by atoms with E-state index >= 15 is 0 Å². The molecule has 0 unspecified atom stereocenters. The number of hydrogen-bond donors (Lipinski definition) is 1. The number of nitrogens with one attached hydrogen (secondary N) is 1. The molecule has 108 valence electrons. The number of aryl methyl sites for hydroxylation is 1. The molecule has 21 heavy (non-hydrogen) atoms. The summed E-state index contributed by atoms with van der Waals surface area (Å²) in [5.74, 6) is -0.619. The number of amides is 1. The normalized spacial score (nSPS) is 10.1. The lowest BCUT2D eigenvalue weighted by atomic mass is 10.2. The summed E-state index contributed by atoms with van der Waals surface area (Å²) in [6.45, 7) is 2.05. The van der Waals surface area contributed by atoms with E-state index in [-0.39, 0.29) is 22.6 Å². The number of benzene rings is 1. The van der Waals surface area contributed by atoms with Crippen molar-refractivity contribution < 1.29 is 9.72 Å². The van der Waals surface area contributed by atoms with E-state index < -0.39 is 10.8 Å². The van der Waals surface area contributed by atoms with Crippen LogP contribution in [0.5, 0.6) is 0 Å². The zero-order valence-electron chi connectivity index (χ0n) is 11.1. The van der Waals surface area contributed by atoms with Crippen molar-refractivity contribution in [3.8, 4) is 0 Å². The molecule has 8 heteroatoms. The van der Waals surface area contributed by atoms with E-state index in [4.69, 9.17) is 0 Å². The van der Waals surface area contributed by atoms with E-state index in [1.54, 1.807) is 13.0 Å². The predicted molar refractivity (Wildman–Crippen MR) is 75.2 cm³/mol. The summed E-state index contributed by atoms with van der Waals surface area (Å²) >= 11 is 0. The van der Waals surface area contributed by atoms with Crippen LogP contribution < -0.4 is 10.9 Å². The molecule has 0 atom stereocenters. The third-order valence-electron chi connectivity index (χ3n) is 2.75. The van der Waals surface area contributed by atoms with Crippen LogP contribution in [0.4, 0.5) is 11.4 Å². The number of nitrogens with zero attached hydrogens (tertiary/aromatic N) is 3. The van der Waals surface area contributed by atoms with Gasteiger partial charge in [0.1, 0.15) is 11.4 Å². The number of rotatable bonds is 4. The first-order valence-electron chi connectivity index (χ1n) is 6.16. The van der Waals surface area contributed by atoms with Crippen LogP contribution in [0.15, 0.2) is 41.2 Å². The molecular weight excluding hydrogens is 276 g/mol. The van der Waals surface area contributed by atoms with Gasteiger partial charge in [-0.2, -0.15) is 5.10 Å². The summed E-state index contributed by atoms with van der Waals surface area (Å²) in [7, 11) is 0. The summed E-state index contributed by atoms with van der Waals surface area (Å²) in [6.07, 6.45) is 0. The number of anilines is 1. The van der Waals surface area contributed by atoms with Crippen LogP contribution in [-0.4, -0.2) is 20.6 Å². The quantitative estimate of drug-likeness (QED) is 0.676. The Bertz CT molecular complexity index is 754. The van der Waals surface area contributed by atoms with Crippen LogP contribution >= 0.6 is 0 Å². The van der Waals surface area contributed by atoms with E-state index in [1.165, 1.54) is 30.3 Å². The molecule has 0 saturated heterocycles. The first-order chi connectivity index (χ1) is 10.0. The minimum Gasteiger partial charge on any atom is -0.315 e. The van der Waals surface area contributed by atoms with Gasteiger partial charge >= 0.3 is 0 Å². The Labute approximate surface area is 119 Å². The van der Waals surface area contributed by atoms with Crippen molar-refractivity contribution >= 4 is 17.3 Å². The number of carbonyl (C=O) groups excluding carboxylic acids is 1. The summed E-state index contributed by atoms with van der Waals surface area (Å²) in [5, 5.41) is 17.2. The van der Waals surface area contributed by atoms with Crippen molar-refractivity contribution in [2.45, 2.75) is 13.5 Å². The Balaban J connectivity index is 2.30. The summed E-state index contributed by atoms with van der Waals surface area (Å²) in [4.78, 5) is 33.8. The average Bonchev–Trinajstić information content (AvgIpc) is 2.48. The van der Waals surface area contributed by atoms with Crippen LogP contribution in [0, 0.1) is 10.1 Å². The maximum Gasteiger partial charge on any atom is 0.292 e. The maximum absolute atomic E-state index is 12.1. The monoisotopic (exact) mass is 288 g/mol. The largest absolute Gasteiger partial charge is 0.315 e. The van der Waals surface area contributed by atoms with Gasteiger partial charge in [-0.05, 0) is 19.1 Å². The van der Waals surface area contributed by atoms with E-state index in [0.717, 1.165) is 4.68 Å². The first kappa shape index (κ1) is 14.4. The predicted octanol–water partition coefficient (Wildman–Crippen LogP) is 1.42. The van der Waals surface area contributed by atoms with Crippen molar-refractivity contribution in [3.63, 3.8) is 0 Å². The van der Waals surface area contributed by atoms with Gasteiger partial charge in [0.05, 0.1) is 4.92 Å². The first-order valence-corrected chi connectivity index (χ1v) is 6.16. The molecule has 1 aromatic heterocycles. The summed E-state index contributed by atoms with van der Waals surface area (Å²) < 4.78 is 1.13. The van der Waals surface area contributed by atoms with Crippen molar-refractivity contribution in [2.75, 3.05) is 5.32 Å². The average molecular weight is 288 g/mol. The number of carbonyl (C=O) groups is 1. The molecule has 1 amide bonds. The summed E-state index contributed by atoms with van der Waals surface area (Å²) in [6, 6.07) is 8.29. The zero-order valence-corrected chi connectivity index (χ0v) is 11.1. The smallest absolute Gasteiger partial charge is 0.292 e. The molecule has 0 saturated carbocycles. The van der Waals surface area contributed by atoms with Gasteiger partial charge in [-0.1, -0.05) is 12.1 Å². The lowest BCUT2D eigenvalue weighted by molar-refractivity contribution is -0.383. The lowest BCUT2D eigenvalue weighted by Crippen LogP contribution is -2.25. The van der Waals surface area contributed by atoms with Gasteiger partial charge < -0.3 is 5.32 Å². The highest BCUT2D eigenvalue weighted by atomic mass is 16.6. The second-order valence-electron chi connectivity index (χ2n) is 4.10. The number of nitro benzene ring substituents is 1. The molecule has 0 radical (unpaired) electrons. The lowest BCUT2D eigenvalue weighted by Gasteiger charge is -2.06. The Hall–Kier alpha value is -3.03. The van der Waals surface area contributed by atoms with E-state index in [9.17, 15) is 19.7 Å². The van der Waals surface area contributed by atoms with Crippen LogP contribution in [0.1, 0.15) is 17.4 Å². The molecule has 1 N–H and O–H groups in total. The van der Waals surface area contributed by atoms with Gasteiger partial charge in [-0.3, -0.25) is 19.7 Å². The standard InChI is InChI=1S/C13H12N4O4/c1-2-16-12(18)8-7-10(15-16)13(19)14-9-5-3-4-6-11(9)17(20)21/h3-8H,2H2,1H3,(H,14,19). The second kappa shape index (κ2) is 5.95. The minimum absolute atomic E-state index is 0.00889. The number of para-hydroxylation sites is 2. The van der Waals surface area contributed by atoms with Gasteiger partial charge in [0, 0.05) is 18.7 Å². The van der Waals surface area contributed by atoms with Crippen molar-refractivity contribution in [1.29, 1.82) is 0 Å². The van der Waals surface area contributed by atoms with Crippen LogP contribution in [0.2, 0.25) is 0 Å². The van der Waals surface area contributed by atoms with E-state index in [1.807, 2.05) is 0 Å². The Kier molecular flexibility index (Phi) is 4.07. The highest BCUT2D eigenvalue weighted by Crippen LogP contribution is 2.23. The Morgan fingerprint density at radius 3 is 2.71 bits per heavy atom. The second-order valence-corrected chi connectivity index (χ2v) is 4.10. The molecule has 0 aliphatic heterocycles. The summed E-state index contributed by atoms with van der Waals surface area (Å²) in [5.41, 5.74) is -0.451. The van der Waals surface area contributed by atoms with Crippen molar-refractivity contribution in [1.82, 2.24) is 9.78 Å². The van der Waals surface area contributed by atoms with Gasteiger partial charge in [0.15, 0.2) is 0 Å². The fourth-order valence-corrected chi connectivity index (χ4v) is 1.72. The third-order valence-corrected chi connectivity index (χ3v) is 2.75. The van der Waals surface area contributed by atoms with Crippen LogP contribution in [0.3, 0.4) is 0 Å². The zero-order chi connectivity index (χ0) is 15.4. The van der Waals surface area contributed by atoms with Gasteiger partial charge in [-0.15, -0.1) is 0 Å².